The van der Waals surface area contributed by atoms with Crippen LogP contribution in [0.2, 0.25) is 0 Å². The Morgan fingerprint density at radius 3 is 2.87 bits per heavy atom. The summed E-state index contributed by atoms with van der Waals surface area (Å²) in [4.78, 5) is 4.71. The molecule has 1 saturated carbocycles. The lowest BCUT2D eigenvalue weighted by atomic mass is 9.99. The van der Waals surface area contributed by atoms with Crippen molar-refractivity contribution < 1.29 is 14.6 Å². The molecule has 0 bridgehead atoms. The molecular formula is C17H20N2O3S. The number of nitrogens with one attached hydrogen (secondary N) is 1. The van der Waals surface area contributed by atoms with Crippen LogP contribution < -0.4 is 14.8 Å². The van der Waals surface area contributed by atoms with Crippen molar-refractivity contribution in [2.45, 2.75) is 37.8 Å². The maximum Gasteiger partial charge on any atom is 0.231 e. The highest BCUT2D eigenvalue weighted by Crippen LogP contribution is 2.37. The third kappa shape index (κ3) is 2.94. The van der Waals surface area contributed by atoms with Gasteiger partial charge in [-0.05, 0) is 31.0 Å². The highest BCUT2D eigenvalue weighted by molar-refractivity contribution is 7.13. The minimum Gasteiger partial charge on any atom is -0.454 e. The first kappa shape index (κ1) is 14.9. The molecule has 2 aliphatic rings. The average Bonchev–Trinajstić information content (AvgIpc) is 3.32. The number of thiazole rings is 1. The van der Waals surface area contributed by atoms with E-state index in [9.17, 15) is 5.11 Å². The Morgan fingerprint density at radius 1 is 1.22 bits per heavy atom. The summed E-state index contributed by atoms with van der Waals surface area (Å²) in [5, 5.41) is 16.2. The molecule has 2 aromatic rings. The summed E-state index contributed by atoms with van der Waals surface area (Å²) in [6.45, 7) is 1.18. The summed E-state index contributed by atoms with van der Waals surface area (Å²) in [6.07, 6.45) is 4.46. The van der Waals surface area contributed by atoms with Crippen LogP contribution in [-0.2, 0) is 6.54 Å². The largest absolute Gasteiger partial charge is 0.454 e. The van der Waals surface area contributed by atoms with Gasteiger partial charge in [0.15, 0.2) is 11.5 Å². The molecule has 0 saturated heterocycles. The minimum absolute atomic E-state index is 0.109. The van der Waals surface area contributed by atoms with Crippen LogP contribution in [0.25, 0.3) is 10.6 Å². The van der Waals surface area contributed by atoms with Gasteiger partial charge in [-0.25, -0.2) is 4.98 Å². The standard InChI is InChI=1S/C17H20N2O3S/c20-10-17(5-1-2-6-17)18-8-13-9-23-16(19-13)12-3-4-14-15(7-12)22-11-21-14/h3-4,7,9,18,20H,1-2,5-6,8,10-11H2. The molecule has 2 N–H and O–H groups in total. The predicted molar refractivity (Wildman–Crippen MR) is 88.8 cm³/mol. The summed E-state index contributed by atoms with van der Waals surface area (Å²) in [5.74, 6) is 1.57. The van der Waals surface area contributed by atoms with E-state index in [1.807, 2.05) is 18.2 Å². The number of rotatable bonds is 5. The van der Waals surface area contributed by atoms with Crippen LogP contribution in [-0.4, -0.2) is 29.0 Å². The first-order valence-corrected chi connectivity index (χ1v) is 8.86. The summed E-state index contributed by atoms with van der Waals surface area (Å²) in [6, 6.07) is 5.91. The van der Waals surface area contributed by atoms with Crippen LogP contribution in [0.4, 0.5) is 0 Å². The van der Waals surface area contributed by atoms with Crippen molar-refractivity contribution in [3.63, 3.8) is 0 Å². The molecule has 0 radical (unpaired) electrons. The van der Waals surface area contributed by atoms with Gasteiger partial charge >= 0.3 is 0 Å². The van der Waals surface area contributed by atoms with Crippen molar-refractivity contribution in [2.24, 2.45) is 0 Å². The van der Waals surface area contributed by atoms with E-state index in [1.54, 1.807) is 11.3 Å². The van der Waals surface area contributed by atoms with Crippen LogP contribution in [0.5, 0.6) is 11.5 Å². The molecule has 1 fully saturated rings. The SMILES string of the molecule is OCC1(NCc2csc(-c3ccc4c(c3)OCO4)n2)CCCC1. The second kappa shape index (κ2) is 6.11. The minimum atomic E-state index is -0.109. The van der Waals surface area contributed by atoms with Gasteiger partial charge in [-0.2, -0.15) is 0 Å². The third-order valence-electron chi connectivity index (χ3n) is 4.68. The first-order chi connectivity index (χ1) is 11.3. The Labute approximate surface area is 139 Å². The van der Waals surface area contributed by atoms with E-state index in [-0.39, 0.29) is 18.9 Å². The summed E-state index contributed by atoms with van der Waals surface area (Å²) < 4.78 is 10.8. The topological polar surface area (TPSA) is 63.6 Å². The quantitative estimate of drug-likeness (QED) is 0.881. The van der Waals surface area contributed by atoms with E-state index in [1.165, 1.54) is 12.8 Å². The zero-order chi connectivity index (χ0) is 15.7. The molecule has 0 spiro atoms. The van der Waals surface area contributed by atoms with Gasteiger partial charge in [-0.3, -0.25) is 0 Å². The third-order valence-corrected chi connectivity index (χ3v) is 5.62. The highest BCUT2D eigenvalue weighted by atomic mass is 32.1. The Balaban J connectivity index is 1.46. The lowest BCUT2D eigenvalue weighted by Crippen LogP contribution is -2.45. The van der Waals surface area contributed by atoms with Gasteiger partial charge in [0.05, 0.1) is 12.3 Å². The van der Waals surface area contributed by atoms with Crippen molar-refractivity contribution >= 4 is 11.3 Å². The fourth-order valence-electron chi connectivity index (χ4n) is 3.27. The second-order valence-electron chi connectivity index (χ2n) is 6.21. The number of aromatic nitrogens is 1. The van der Waals surface area contributed by atoms with Crippen LogP contribution in [0.15, 0.2) is 23.6 Å². The molecule has 1 aliphatic carbocycles. The van der Waals surface area contributed by atoms with E-state index in [0.29, 0.717) is 6.54 Å². The zero-order valence-corrected chi connectivity index (χ0v) is 13.7. The Kier molecular flexibility index (Phi) is 3.97. The van der Waals surface area contributed by atoms with E-state index in [2.05, 4.69) is 10.7 Å². The van der Waals surface area contributed by atoms with Crippen LogP contribution in [0.1, 0.15) is 31.4 Å². The van der Waals surface area contributed by atoms with Crippen LogP contribution >= 0.6 is 11.3 Å². The van der Waals surface area contributed by atoms with Gasteiger partial charge in [0.2, 0.25) is 6.79 Å². The van der Waals surface area contributed by atoms with Gasteiger partial charge in [0, 0.05) is 23.0 Å². The Hall–Kier alpha value is -1.63. The molecule has 0 atom stereocenters. The van der Waals surface area contributed by atoms with E-state index < -0.39 is 0 Å². The molecule has 1 aromatic heterocycles. The van der Waals surface area contributed by atoms with Crippen LogP contribution in [0, 0.1) is 0 Å². The second-order valence-corrected chi connectivity index (χ2v) is 7.07. The maximum atomic E-state index is 9.66. The number of hydrogen-bond donors (Lipinski definition) is 2. The molecule has 0 unspecified atom stereocenters. The molecule has 6 heteroatoms. The van der Waals surface area contributed by atoms with Crippen molar-refractivity contribution in [1.29, 1.82) is 0 Å². The van der Waals surface area contributed by atoms with E-state index in [4.69, 9.17) is 14.5 Å². The molecule has 1 aliphatic heterocycles. The predicted octanol–water partition coefficient (Wildman–Crippen LogP) is 2.93. The molecule has 122 valence electrons. The Morgan fingerprint density at radius 2 is 2.04 bits per heavy atom. The fraction of sp³-hybridized carbons (Fsp3) is 0.471. The summed E-state index contributed by atoms with van der Waals surface area (Å²) in [7, 11) is 0. The number of fused-ring (bicyclic) bond motifs is 1. The highest BCUT2D eigenvalue weighted by Gasteiger charge is 2.32. The lowest BCUT2D eigenvalue weighted by molar-refractivity contribution is 0.162. The summed E-state index contributed by atoms with van der Waals surface area (Å²) in [5.41, 5.74) is 1.95. The molecule has 4 rings (SSSR count). The molecule has 23 heavy (non-hydrogen) atoms. The zero-order valence-electron chi connectivity index (χ0n) is 12.9. The monoisotopic (exact) mass is 332 g/mol. The molecule has 2 heterocycles. The van der Waals surface area contributed by atoms with Crippen molar-refractivity contribution in [3.05, 3.63) is 29.3 Å². The van der Waals surface area contributed by atoms with Crippen molar-refractivity contribution in [3.8, 4) is 22.1 Å². The van der Waals surface area contributed by atoms with Crippen molar-refractivity contribution in [1.82, 2.24) is 10.3 Å². The van der Waals surface area contributed by atoms with E-state index >= 15 is 0 Å². The van der Waals surface area contributed by atoms with Gasteiger partial charge in [-0.15, -0.1) is 11.3 Å². The molecule has 0 amide bonds. The number of hydrogen-bond acceptors (Lipinski definition) is 6. The van der Waals surface area contributed by atoms with Gasteiger partial charge < -0.3 is 19.9 Å². The van der Waals surface area contributed by atoms with Gasteiger partial charge in [0.25, 0.3) is 0 Å². The number of nitrogens with zero attached hydrogens (tertiary/aromatic N) is 1. The van der Waals surface area contributed by atoms with E-state index in [0.717, 1.165) is 40.6 Å². The number of aliphatic hydroxyl groups excluding tert-OH is 1. The average molecular weight is 332 g/mol. The number of benzene rings is 1. The normalized spacial score (nSPS) is 18.5. The summed E-state index contributed by atoms with van der Waals surface area (Å²) >= 11 is 1.63. The fourth-order valence-corrected chi connectivity index (χ4v) is 4.09. The van der Waals surface area contributed by atoms with Gasteiger partial charge in [-0.1, -0.05) is 12.8 Å². The molecule has 5 nitrogen and oxygen atoms in total. The number of ether oxygens (including phenoxy) is 2. The lowest BCUT2D eigenvalue weighted by Gasteiger charge is -2.27. The number of aliphatic hydroxyl groups is 1. The van der Waals surface area contributed by atoms with Gasteiger partial charge in [0.1, 0.15) is 5.01 Å². The first-order valence-electron chi connectivity index (χ1n) is 7.98. The molecule has 1 aromatic carbocycles. The maximum absolute atomic E-state index is 9.66. The molecular weight excluding hydrogens is 312 g/mol. The Bertz CT molecular complexity index is 695. The smallest absolute Gasteiger partial charge is 0.231 e. The van der Waals surface area contributed by atoms with Crippen LogP contribution in [0.3, 0.4) is 0 Å². The van der Waals surface area contributed by atoms with Crippen molar-refractivity contribution in [2.75, 3.05) is 13.4 Å².